The van der Waals surface area contributed by atoms with E-state index < -0.39 is 45.1 Å². The summed E-state index contributed by atoms with van der Waals surface area (Å²) in [6, 6.07) is 8.87. The summed E-state index contributed by atoms with van der Waals surface area (Å²) in [5, 5.41) is 5.08. The Bertz CT molecular complexity index is 1280. The Morgan fingerprint density at radius 1 is 1.08 bits per heavy atom. The highest BCUT2D eigenvalue weighted by Gasteiger charge is 2.25. The monoisotopic (exact) mass is 518 g/mol. The number of hydrogen-bond donors (Lipinski definition) is 2. The molecule has 0 fully saturated rings. The van der Waals surface area contributed by atoms with Crippen LogP contribution in [0.1, 0.15) is 17.2 Å². The molecular weight excluding hydrogens is 490 g/mol. The first kappa shape index (κ1) is 27.0. The van der Waals surface area contributed by atoms with Crippen LogP contribution in [0.15, 0.2) is 64.7 Å². The topological polar surface area (TPSA) is 102 Å². The first-order valence-electron chi connectivity index (χ1n) is 10.9. The summed E-state index contributed by atoms with van der Waals surface area (Å²) in [6.07, 6.45) is 7.80. The van der Waals surface area contributed by atoms with Crippen molar-refractivity contribution in [2.75, 3.05) is 31.2 Å². The van der Waals surface area contributed by atoms with Gasteiger partial charge in [-0.2, -0.15) is 0 Å². The van der Waals surface area contributed by atoms with Gasteiger partial charge in [-0.25, -0.2) is 23.8 Å². The molecule has 1 atom stereocenters. The lowest BCUT2D eigenvalue weighted by Crippen LogP contribution is -2.40. The highest BCUT2D eigenvalue weighted by Crippen LogP contribution is 2.48. The number of hydrogen-bond acceptors (Lipinski definition) is 5. The standard InChI is InChI=1S/C25H28F2N4O4S/c1-35-14-16-5-7-17(8-6-16)23(30-21(32)13-31-15-28-10-9-22(31)33)25(34)29-18-11-19(26)24(20(27)12-18)36(2,3)4/h5-12,15,23H,13-14H2,1-4H3,(H,29,34)(H,30,32)/t23-/m1/s1. The van der Waals surface area contributed by atoms with Gasteiger partial charge in [-0.15, -0.1) is 0 Å². The molecule has 3 aromatic rings. The zero-order valence-electron chi connectivity index (χ0n) is 20.4. The average molecular weight is 519 g/mol. The number of carbonyl (C=O) groups is 2. The third kappa shape index (κ3) is 6.76. The summed E-state index contributed by atoms with van der Waals surface area (Å²) in [5.74, 6) is -2.85. The first-order valence-corrected chi connectivity index (χ1v) is 13.7. The van der Waals surface area contributed by atoms with Crippen LogP contribution in [0, 0.1) is 11.6 Å². The molecule has 1 aromatic heterocycles. The van der Waals surface area contributed by atoms with Crippen LogP contribution in [0.25, 0.3) is 0 Å². The summed E-state index contributed by atoms with van der Waals surface area (Å²) in [6.45, 7) is -0.0153. The number of rotatable bonds is 9. The zero-order valence-corrected chi connectivity index (χ0v) is 21.2. The molecule has 8 nitrogen and oxygen atoms in total. The fourth-order valence-corrected chi connectivity index (χ4v) is 4.85. The van der Waals surface area contributed by atoms with Crippen molar-refractivity contribution < 1.29 is 23.1 Å². The predicted molar refractivity (Wildman–Crippen MR) is 135 cm³/mol. The van der Waals surface area contributed by atoms with Crippen LogP contribution in [-0.2, 0) is 27.5 Å². The minimum Gasteiger partial charge on any atom is -0.380 e. The third-order valence-electron chi connectivity index (χ3n) is 5.18. The second-order valence-electron chi connectivity index (χ2n) is 8.82. The molecule has 2 amide bonds. The number of amides is 2. The summed E-state index contributed by atoms with van der Waals surface area (Å²) >= 11 is 0. The first-order chi connectivity index (χ1) is 17.0. The van der Waals surface area contributed by atoms with Gasteiger partial charge in [-0.3, -0.25) is 19.0 Å². The van der Waals surface area contributed by atoms with E-state index in [0.29, 0.717) is 12.2 Å². The van der Waals surface area contributed by atoms with Crippen LogP contribution in [0.4, 0.5) is 14.5 Å². The van der Waals surface area contributed by atoms with E-state index in [-0.39, 0.29) is 17.1 Å². The number of methoxy groups -OCH3 is 1. The van der Waals surface area contributed by atoms with Gasteiger partial charge in [-0.05, 0) is 42.0 Å². The van der Waals surface area contributed by atoms with Gasteiger partial charge >= 0.3 is 0 Å². The number of aromatic nitrogens is 2. The van der Waals surface area contributed by atoms with Gasteiger partial charge in [0.2, 0.25) is 5.91 Å². The summed E-state index contributed by atoms with van der Waals surface area (Å²) in [5.41, 5.74) is 0.757. The smallest absolute Gasteiger partial charge is 0.253 e. The molecule has 1 heterocycles. The number of halogens is 2. The van der Waals surface area contributed by atoms with E-state index in [1.54, 1.807) is 50.1 Å². The number of ether oxygens (including phenoxy) is 1. The maximum atomic E-state index is 14.7. The maximum absolute atomic E-state index is 14.7. The van der Waals surface area contributed by atoms with Gasteiger partial charge in [0.05, 0.1) is 17.8 Å². The summed E-state index contributed by atoms with van der Waals surface area (Å²) < 4.78 is 35.6. The van der Waals surface area contributed by atoms with E-state index in [9.17, 15) is 23.2 Å². The minimum absolute atomic E-state index is 0.0130. The largest absolute Gasteiger partial charge is 0.380 e. The van der Waals surface area contributed by atoms with E-state index in [1.165, 1.54) is 18.6 Å². The normalized spacial score (nSPS) is 12.6. The van der Waals surface area contributed by atoms with Crippen LogP contribution in [-0.4, -0.2) is 47.2 Å². The molecule has 192 valence electrons. The molecule has 2 N–H and O–H groups in total. The molecule has 11 heteroatoms. The minimum atomic E-state index is -1.69. The quantitative estimate of drug-likeness (QED) is 0.453. The molecule has 0 aliphatic carbocycles. The molecule has 0 unspecified atom stereocenters. The van der Waals surface area contributed by atoms with E-state index in [0.717, 1.165) is 22.3 Å². The fourth-order valence-electron chi connectivity index (χ4n) is 3.56. The van der Waals surface area contributed by atoms with Crippen molar-refractivity contribution in [2.24, 2.45) is 0 Å². The highest BCUT2D eigenvalue weighted by atomic mass is 32.3. The second-order valence-corrected chi connectivity index (χ2v) is 12.9. The highest BCUT2D eigenvalue weighted by molar-refractivity contribution is 8.32. The van der Waals surface area contributed by atoms with Crippen molar-refractivity contribution in [3.63, 3.8) is 0 Å². The molecule has 0 bridgehead atoms. The fraction of sp³-hybridized carbons (Fsp3) is 0.280. The summed E-state index contributed by atoms with van der Waals surface area (Å²) in [7, 11) is -0.139. The molecule has 0 spiro atoms. The Hall–Kier alpha value is -3.57. The van der Waals surface area contributed by atoms with Crippen LogP contribution < -0.4 is 16.2 Å². The van der Waals surface area contributed by atoms with Crippen molar-refractivity contribution in [2.45, 2.75) is 24.1 Å². The lowest BCUT2D eigenvalue weighted by molar-refractivity contribution is -0.127. The van der Waals surface area contributed by atoms with Crippen LogP contribution in [0.3, 0.4) is 0 Å². The van der Waals surface area contributed by atoms with Crippen LogP contribution >= 0.6 is 10.0 Å². The zero-order chi connectivity index (χ0) is 26.5. The average Bonchev–Trinajstić information content (AvgIpc) is 2.78. The molecule has 0 aliphatic rings. The third-order valence-corrected chi connectivity index (χ3v) is 6.79. The van der Waals surface area contributed by atoms with Gasteiger partial charge in [0, 0.05) is 25.1 Å². The molecule has 0 aliphatic heterocycles. The van der Waals surface area contributed by atoms with E-state index in [1.807, 2.05) is 0 Å². The Balaban J connectivity index is 1.88. The van der Waals surface area contributed by atoms with E-state index in [2.05, 4.69) is 15.6 Å². The molecule has 2 aromatic carbocycles. The van der Waals surface area contributed by atoms with E-state index >= 15 is 0 Å². The SMILES string of the molecule is COCc1ccc([C@@H](NC(=O)Cn2cnccc2=O)C(=O)Nc2cc(F)c(S(C)(C)C)c(F)c2)cc1. The summed E-state index contributed by atoms with van der Waals surface area (Å²) in [4.78, 5) is 41.7. The number of benzene rings is 2. The van der Waals surface area contributed by atoms with Crippen LogP contribution in [0.5, 0.6) is 0 Å². The molecular formula is C25H28F2N4O4S. The lowest BCUT2D eigenvalue weighted by Gasteiger charge is -2.27. The molecule has 3 rings (SSSR count). The van der Waals surface area contributed by atoms with Gasteiger partial charge < -0.3 is 15.4 Å². The number of nitrogens with zero attached hydrogens (tertiary/aromatic N) is 2. The Morgan fingerprint density at radius 3 is 2.28 bits per heavy atom. The van der Waals surface area contributed by atoms with Crippen molar-refractivity contribution >= 4 is 27.5 Å². The second kappa shape index (κ2) is 11.4. The van der Waals surface area contributed by atoms with Gasteiger partial charge in [0.15, 0.2) is 0 Å². The molecule has 36 heavy (non-hydrogen) atoms. The Morgan fingerprint density at radius 2 is 1.72 bits per heavy atom. The van der Waals surface area contributed by atoms with Gasteiger partial charge in [0.25, 0.3) is 11.5 Å². The van der Waals surface area contributed by atoms with Crippen molar-refractivity contribution in [1.29, 1.82) is 0 Å². The van der Waals surface area contributed by atoms with Gasteiger partial charge in [0.1, 0.15) is 24.2 Å². The molecule has 0 saturated carbocycles. The van der Waals surface area contributed by atoms with Crippen molar-refractivity contribution in [1.82, 2.24) is 14.9 Å². The molecule has 0 saturated heterocycles. The number of carbonyl (C=O) groups excluding carboxylic acids is 2. The van der Waals surface area contributed by atoms with Crippen LogP contribution in [0.2, 0.25) is 0 Å². The number of anilines is 1. The molecule has 0 radical (unpaired) electrons. The van der Waals surface area contributed by atoms with Crippen molar-refractivity contribution in [3.05, 3.63) is 88.1 Å². The lowest BCUT2D eigenvalue weighted by atomic mass is 10.0. The predicted octanol–water partition coefficient (Wildman–Crippen LogP) is 3.22. The van der Waals surface area contributed by atoms with E-state index in [4.69, 9.17) is 4.74 Å². The van der Waals surface area contributed by atoms with Gasteiger partial charge in [-0.1, -0.05) is 24.3 Å². The Labute approximate surface area is 209 Å². The Kier molecular flexibility index (Phi) is 8.59. The number of nitrogens with one attached hydrogen (secondary N) is 2. The maximum Gasteiger partial charge on any atom is 0.253 e. The van der Waals surface area contributed by atoms with Crippen molar-refractivity contribution in [3.8, 4) is 0 Å².